The molecule has 0 bridgehead atoms. The fraction of sp³-hybridized carbons (Fsp3) is 0.105. The highest BCUT2D eigenvalue weighted by molar-refractivity contribution is 6.35. The van der Waals surface area contributed by atoms with E-state index in [1.54, 1.807) is 18.2 Å². The Balaban J connectivity index is 1.94. The minimum absolute atomic E-state index is 0.0656. The second-order valence-corrected chi connectivity index (χ2v) is 6.47. The van der Waals surface area contributed by atoms with Gasteiger partial charge in [0.05, 0.1) is 6.42 Å². The third kappa shape index (κ3) is 6.13. The first kappa shape index (κ1) is 20.5. The van der Waals surface area contributed by atoms with Gasteiger partial charge in [-0.1, -0.05) is 35.8 Å². The van der Waals surface area contributed by atoms with Crippen LogP contribution >= 0.6 is 23.2 Å². The smallest absolute Gasteiger partial charge is 0.308 e. The van der Waals surface area contributed by atoms with Crippen LogP contribution in [0.15, 0.2) is 54.6 Å². The number of hydrogen-bond donors (Lipinski definition) is 3. The minimum Gasteiger partial charge on any atom is -0.481 e. The zero-order chi connectivity index (χ0) is 20.0. The average Bonchev–Trinajstić information content (AvgIpc) is 2.60. The van der Waals surface area contributed by atoms with Gasteiger partial charge in [-0.05, 0) is 42.0 Å². The summed E-state index contributed by atoms with van der Waals surface area (Å²) < 4.78 is 0. The van der Waals surface area contributed by atoms with Crippen LogP contribution in [-0.4, -0.2) is 22.9 Å². The van der Waals surface area contributed by atoms with Crippen molar-refractivity contribution in [1.29, 1.82) is 0 Å². The predicted octanol–water partition coefficient (Wildman–Crippen LogP) is 3.89. The number of carboxylic acids is 1. The molecule has 0 saturated carbocycles. The van der Waals surface area contributed by atoms with E-state index in [0.29, 0.717) is 21.3 Å². The van der Waals surface area contributed by atoms with Crippen molar-refractivity contribution in [3.8, 4) is 0 Å². The molecule has 0 aliphatic carbocycles. The van der Waals surface area contributed by atoms with Crippen LogP contribution in [0.5, 0.6) is 0 Å². The first-order chi connectivity index (χ1) is 12.8. The summed E-state index contributed by atoms with van der Waals surface area (Å²) in [4.78, 5) is 34.6. The lowest BCUT2D eigenvalue weighted by atomic mass is 10.1. The van der Waals surface area contributed by atoms with Gasteiger partial charge in [-0.3, -0.25) is 14.4 Å². The van der Waals surface area contributed by atoms with E-state index in [4.69, 9.17) is 28.3 Å². The zero-order valence-electron chi connectivity index (χ0n) is 14.1. The van der Waals surface area contributed by atoms with Crippen LogP contribution in [0.25, 0.3) is 0 Å². The molecule has 8 heteroatoms. The van der Waals surface area contributed by atoms with Crippen molar-refractivity contribution in [2.75, 3.05) is 5.32 Å². The Morgan fingerprint density at radius 3 is 2.30 bits per heavy atom. The van der Waals surface area contributed by atoms with Crippen LogP contribution in [0.4, 0.5) is 5.69 Å². The summed E-state index contributed by atoms with van der Waals surface area (Å²) in [6.07, 6.45) is -0.445. The molecule has 0 saturated heterocycles. The molecular formula is C19H16Cl2N2O4. The first-order valence-electron chi connectivity index (χ1n) is 7.79. The fourth-order valence-corrected chi connectivity index (χ4v) is 2.61. The normalized spacial score (nSPS) is 10.1. The molecule has 2 amide bonds. The van der Waals surface area contributed by atoms with Gasteiger partial charge in [0, 0.05) is 33.4 Å². The maximum absolute atomic E-state index is 12.2. The maximum atomic E-state index is 12.2. The summed E-state index contributed by atoms with van der Waals surface area (Å²) in [5, 5.41) is 14.9. The molecule has 0 spiro atoms. The van der Waals surface area contributed by atoms with Gasteiger partial charge in [-0.25, -0.2) is 0 Å². The lowest BCUT2D eigenvalue weighted by molar-refractivity contribution is -0.136. The number of amides is 2. The van der Waals surface area contributed by atoms with E-state index in [9.17, 15) is 14.4 Å². The van der Waals surface area contributed by atoms with Crippen molar-refractivity contribution < 1.29 is 19.5 Å². The third-order valence-corrected chi connectivity index (χ3v) is 4.13. The molecule has 3 N–H and O–H groups in total. The molecule has 0 aromatic heterocycles. The Bertz CT molecular complexity index is 895. The van der Waals surface area contributed by atoms with E-state index < -0.39 is 18.3 Å². The molecule has 140 valence electrons. The van der Waals surface area contributed by atoms with Crippen LogP contribution in [0.2, 0.25) is 10.0 Å². The quantitative estimate of drug-likeness (QED) is 0.607. The lowest BCUT2D eigenvalue weighted by Gasteiger charge is -2.09. The highest BCUT2D eigenvalue weighted by Gasteiger charge is 2.12. The third-order valence-electron chi connectivity index (χ3n) is 3.55. The predicted molar refractivity (Wildman–Crippen MR) is 104 cm³/mol. The summed E-state index contributed by atoms with van der Waals surface area (Å²) in [6.45, 7) is 3.66. The highest BCUT2D eigenvalue weighted by Crippen LogP contribution is 2.21. The van der Waals surface area contributed by atoms with Crippen molar-refractivity contribution in [1.82, 2.24) is 5.32 Å². The van der Waals surface area contributed by atoms with Gasteiger partial charge in [0.25, 0.3) is 11.8 Å². The standard InChI is InChI=1S/C19H16Cl2N2O4/c1-11(8-17(24)25)18(26)23-15-6-3-12(4-7-15)19(27)22-10-13-2-5-14(20)9-16(13)21/h2-7,9H,1,8,10H2,(H,22,27)(H,23,26)(H,24,25). The highest BCUT2D eigenvalue weighted by atomic mass is 35.5. The summed E-state index contributed by atoms with van der Waals surface area (Å²) >= 11 is 11.9. The number of carboxylic acid groups (broad SMARTS) is 1. The number of nitrogens with one attached hydrogen (secondary N) is 2. The Kier molecular flexibility index (Phi) is 6.98. The summed E-state index contributed by atoms with van der Waals surface area (Å²) in [6, 6.07) is 11.2. The maximum Gasteiger partial charge on any atom is 0.308 e. The number of benzene rings is 2. The van der Waals surface area contributed by atoms with Crippen molar-refractivity contribution in [2.24, 2.45) is 0 Å². The van der Waals surface area contributed by atoms with Crippen LogP contribution < -0.4 is 10.6 Å². The monoisotopic (exact) mass is 406 g/mol. The number of carbonyl (C=O) groups excluding carboxylic acids is 2. The molecule has 6 nitrogen and oxygen atoms in total. The molecule has 0 heterocycles. The van der Waals surface area contributed by atoms with E-state index in [-0.39, 0.29) is 18.0 Å². The molecular weight excluding hydrogens is 391 g/mol. The van der Waals surface area contributed by atoms with E-state index in [0.717, 1.165) is 5.56 Å². The molecule has 0 unspecified atom stereocenters. The molecule has 2 rings (SSSR count). The topological polar surface area (TPSA) is 95.5 Å². The van der Waals surface area contributed by atoms with Crippen LogP contribution in [0.3, 0.4) is 0 Å². The number of aliphatic carboxylic acids is 1. The van der Waals surface area contributed by atoms with Gasteiger partial charge in [0.1, 0.15) is 0 Å². The molecule has 0 fully saturated rings. The second-order valence-electron chi connectivity index (χ2n) is 5.62. The Morgan fingerprint density at radius 1 is 1.04 bits per heavy atom. The van der Waals surface area contributed by atoms with Gasteiger partial charge < -0.3 is 15.7 Å². The first-order valence-corrected chi connectivity index (χ1v) is 8.55. The van der Waals surface area contributed by atoms with E-state index in [2.05, 4.69) is 17.2 Å². The van der Waals surface area contributed by atoms with Gasteiger partial charge in [-0.15, -0.1) is 0 Å². The van der Waals surface area contributed by atoms with Crippen LogP contribution in [0.1, 0.15) is 22.3 Å². The SMILES string of the molecule is C=C(CC(=O)O)C(=O)Nc1ccc(C(=O)NCc2ccc(Cl)cc2Cl)cc1. The molecule has 0 radical (unpaired) electrons. The second kappa shape index (κ2) is 9.21. The zero-order valence-corrected chi connectivity index (χ0v) is 15.6. The summed E-state index contributed by atoms with van der Waals surface area (Å²) in [5.74, 6) is -2.04. The number of rotatable bonds is 7. The van der Waals surface area contributed by atoms with Gasteiger partial charge in [0.2, 0.25) is 0 Å². The fourth-order valence-electron chi connectivity index (χ4n) is 2.13. The molecule has 0 aliphatic rings. The van der Waals surface area contributed by atoms with Gasteiger partial charge in [-0.2, -0.15) is 0 Å². The van der Waals surface area contributed by atoms with Crippen LogP contribution in [0, 0.1) is 0 Å². The lowest BCUT2D eigenvalue weighted by Crippen LogP contribution is -2.23. The van der Waals surface area contributed by atoms with Crippen molar-refractivity contribution in [3.05, 3.63) is 75.8 Å². The number of anilines is 1. The Labute approximate surface area is 165 Å². The molecule has 0 atom stereocenters. The minimum atomic E-state index is -1.14. The number of hydrogen-bond acceptors (Lipinski definition) is 3. The van der Waals surface area contributed by atoms with Gasteiger partial charge >= 0.3 is 5.97 Å². The number of halogens is 2. The largest absolute Gasteiger partial charge is 0.481 e. The van der Waals surface area contributed by atoms with Crippen molar-refractivity contribution in [2.45, 2.75) is 13.0 Å². The van der Waals surface area contributed by atoms with Crippen LogP contribution in [-0.2, 0) is 16.1 Å². The van der Waals surface area contributed by atoms with E-state index in [1.165, 1.54) is 24.3 Å². The van der Waals surface area contributed by atoms with E-state index >= 15 is 0 Å². The summed E-state index contributed by atoms with van der Waals surface area (Å²) in [5.41, 5.74) is 1.48. The average molecular weight is 407 g/mol. The summed E-state index contributed by atoms with van der Waals surface area (Å²) in [7, 11) is 0. The Morgan fingerprint density at radius 2 is 1.70 bits per heavy atom. The van der Waals surface area contributed by atoms with Gasteiger partial charge in [0.15, 0.2) is 0 Å². The van der Waals surface area contributed by atoms with Crippen molar-refractivity contribution >= 4 is 46.7 Å². The van der Waals surface area contributed by atoms with Crippen molar-refractivity contribution in [3.63, 3.8) is 0 Å². The molecule has 27 heavy (non-hydrogen) atoms. The molecule has 0 aliphatic heterocycles. The molecule has 2 aromatic rings. The molecule has 2 aromatic carbocycles. The Hall–Kier alpha value is -2.83. The van der Waals surface area contributed by atoms with E-state index in [1.807, 2.05) is 0 Å². The number of carbonyl (C=O) groups is 3.